The number of hydrazine groups is 1. The molecule has 1 heterocycles. The summed E-state index contributed by atoms with van der Waals surface area (Å²) in [6, 6.07) is 5.24. The molecule has 2 amide bonds. The number of nitrogens with one attached hydrogen (secondary N) is 1. The Morgan fingerprint density at radius 1 is 1.50 bits per heavy atom. The molecule has 0 unspecified atom stereocenters. The Kier molecular flexibility index (Phi) is 3.98. The fraction of sp³-hybridized carbons (Fsp3) is 0.333. The van der Waals surface area contributed by atoms with Crippen LogP contribution in [0.2, 0.25) is 0 Å². The standard InChI is InChI=1S/C12H14BrN3O2/c13-10-6-8(12(18)15-14)3-4-9(10)7-16-5-1-2-11(16)17/h3-4,6H,1-2,5,7,14H2,(H,15,18). The number of amides is 2. The van der Waals surface area contributed by atoms with Gasteiger partial charge in [0.1, 0.15) is 0 Å². The number of nitrogens with two attached hydrogens (primary N) is 1. The van der Waals surface area contributed by atoms with Gasteiger partial charge in [-0.3, -0.25) is 15.0 Å². The Morgan fingerprint density at radius 3 is 2.83 bits per heavy atom. The molecule has 0 aromatic heterocycles. The molecule has 1 saturated heterocycles. The number of hydrogen-bond donors (Lipinski definition) is 2. The van der Waals surface area contributed by atoms with Gasteiger partial charge in [0.25, 0.3) is 5.91 Å². The first kappa shape index (κ1) is 13.0. The predicted molar refractivity (Wildman–Crippen MR) is 70.4 cm³/mol. The maximum absolute atomic E-state index is 11.5. The molecular formula is C12H14BrN3O2. The second kappa shape index (κ2) is 5.49. The molecule has 0 aliphatic carbocycles. The zero-order chi connectivity index (χ0) is 13.1. The van der Waals surface area contributed by atoms with E-state index in [4.69, 9.17) is 5.84 Å². The van der Waals surface area contributed by atoms with Crippen LogP contribution in [-0.2, 0) is 11.3 Å². The van der Waals surface area contributed by atoms with Crippen LogP contribution in [0.15, 0.2) is 22.7 Å². The van der Waals surface area contributed by atoms with Crippen molar-refractivity contribution in [2.45, 2.75) is 19.4 Å². The van der Waals surface area contributed by atoms with Crippen molar-refractivity contribution in [2.24, 2.45) is 5.84 Å². The van der Waals surface area contributed by atoms with E-state index in [1.165, 1.54) is 0 Å². The highest BCUT2D eigenvalue weighted by molar-refractivity contribution is 9.10. The van der Waals surface area contributed by atoms with Gasteiger partial charge in [0.15, 0.2) is 0 Å². The highest BCUT2D eigenvalue weighted by atomic mass is 79.9. The molecule has 1 fully saturated rings. The quantitative estimate of drug-likeness (QED) is 0.500. The van der Waals surface area contributed by atoms with Crippen molar-refractivity contribution in [3.8, 4) is 0 Å². The first-order valence-corrected chi connectivity index (χ1v) is 6.48. The monoisotopic (exact) mass is 311 g/mol. The Bertz CT molecular complexity index is 490. The summed E-state index contributed by atoms with van der Waals surface area (Å²) in [6.45, 7) is 1.38. The van der Waals surface area contributed by atoms with Crippen molar-refractivity contribution >= 4 is 27.7 Å². The number of rotatable bonds is 3. The molecule has 1 aromatic rings. The molecule has 96 valence electrons. The van der Waals surface area contributed by atoms with Crippen molar-refractivity contribution in [1.82, 2.24) is 10.3 Å². The first-order chi connectivity index (χ1) is 8.61. The van der Waals surface area contributed by atoms with Crippen LogP contribution in [0.5, 0.6) is 0 Å². The van der Waals surface area contributed by atoms with E-state index in [9.17, 15) is 9.59 Å². The van der Waals surface area contributed by atoms with Crippen LogP contribution in [0.3, 0.4) is 0 Å². The number of nitrogen functional groups attached to an aromatic ring is 1. The molecule has 18 heavy (non-hydrogen) atoms. The zero-order valence-corrected chi connectivity index (χ0v) is 11.4. The molecule has 0 radical (unpaired) electrons. The van der Waals surface area contributed by atoms with Crippen molar-refractivity contribution in [3.63, 3.8) is 0 Å². The van der Waals surface area contributed by atoms with Gasteiger partial charge in [-0.2, -0.15) is 0 Å². The highest BCUT2D eigenvalue weighted by Gasteiger charge is 2.21. The van der Waals surface area contributed by atoms with Crippen LogP contribution in [0.1, 0.15) is 28.8 Å². The summed E-state index contributed by atoms with van der Waals surface area (Å²) in [7, 11) is 0. The fourth-order valence-corrected chi connectivity index (χ4v) is 2.48. The molecule has 1 aliphatic rings. The third kappa shape index (κ3) is 2.70. The Morgan fingerprint density at radius 2 is 2.28 bits per heavy atom. The van der Waals surface area contributed by atoms with Gasteiger partial charge >= 0.3 is 0 Å². The summed E-state index contributed by atoms with van der Waals surface area (Å²) >= 11 is 3.41. The number of halogens is 1. The lowest BCUT2D eigenvalue weighted by molar-refractivity contribution is -0.128. The van der Waals surface area contributed by atoms with E-state index in [-0.39, 0.29) is 11.8 Å². The van der Waals surface area contributed by atoms with Crippen LogP contribution in [-0.4, -0.2) is 23.3 Å². The van der Waals surface area contributed by atoms with E-state index in [1.807, 2.05) is 11.0 Å². The second-order valence-corrected chi connectivity index (χ2v) is 5.05. The largest absolute Gasteiger partial charge is 0.338 e. The minimum atomic E-state index is -0.334. The molecule has 0 atom stereocenters. The topological polar surface area (TPSA) is 75.4 Å². The molecule has 2 rings (SSSR count). The van der Waals surface area contributed by atoms with Crippen LogP contribution < -0.4 is 11.3 Å². The second-order valence-electron chi connectivity index (χ2n) is 4.20. The predicted octanol–water partition coefficient (Wildman–Crippen LogP) is 1.18. The lowest BCUT2D eigenvalue weighted by Crippen LogP contribution is -2.30. The molecule has 0 bridgehead atoms. The lowest BCUT2D eigenvalue weighted by atomic mass is 10.1. The van der Waals surface area contributed by atoms with E-state index in [2.05, 4.69) is 21.4 Å². The van der Waals surface area contributed by atoms with Gasteiger partial charge in [0, 0.05) is 29.5 Å². The summed E-state index contributed by atoms with van der Waals surface area (Å²) in [6.07, 6.45) is 1.55. The van der Waals surface area contributed by atoms with Crippen molar-refractivity contribution in [3.05, 3.63) is 33.8 Å². The number of likely N-dealkylation sites (tertiary alicyclic amines) is 1. The summed E-state index contributed by atoms with van der Waals surface area (Å²) in [5.74, 6) is 4.93. The van der Waals surface area contributed by atoms with Gasteiger partial charge in [-0.1, -0.05) is 22.0 Å². The zero-order valence-electron chi connectivity index (χ0n) is 9.78. The van der Waals surface area contributed by atoms with Crippen LogP contribution in [0.4, 0.5) is 0 Å². The van der Waals surface area contributed by atoms with E-state index in [0.29, 0.717) is 18.5 Å². The van der Waals surface area contributed by atoms with E-state index >= 15 is 0 Å². The number of benzene rings is 1. The number of nitrogens with zero attached hydrogens (tertiary/aromatic N) is 1. The SMILES string of the molecule is NNC(=O)c1ccc(CN2CCCC2=O)c(Br)c1. The number of hydrogen-bond acceptors (Lipinski definition) is 3. The molecule has 5 nitrogen and oxygen atoms in total. The number of carbonyl (C=O) groups is 2. The third-order valence-corrected chi connectivity index (χ3v) is 3.72. The van der Waals surface area contributed by atoms with Crippen molar-refractivity contribution < 1.29 is 9.59 Å². The molecule has 1 aliphatic heterocycles. The van der Waals surface area contributed by atoms with Gasteiger partial charge < -0.3 is 4.90 Å². The lowest BCUT2D eigenvalue weighted by Gasteiger charge is -2.16. The van der Waals surface area contributed by atoms with E-state index in [1.54, 1.807) is 12.1 Å². The summed E-state index contributed by atoms with van der Waals surface area (Å²) in [5, 5.41) is 0. The molecular weight excluding hydrogens is 298 g/mol. The first-order valence-electron chi connectivity index (χ1n) is 5.69. The maximum atomic E-state index is 11.5. The summed E-state index contributed by atoms with van der Waals surface area (Å²) < 4.78 is 0.809. The Labute approximate surface area is 113 Å². The van der Waals surface area contributed by atoms with Crippen LogP contribution >= 0.6 is 15.9 Å². The molecule has 1 aromatic carbocycles. The van der Waals surface area contributed by atoms with Crippen LogP contribution in [0.25, 0.3) is 0 Å². The molecule has 0 saturated carbocycles. The van der Waals surface area contributed by atoms with Gasteiger partial charge in [0.05, 0.1) is 0 Å². The summed E-state index contributed by atoms with van der Waals surface area (Å²) in [4.78, 5) is 24.7. The maximum Gasteiger partial charge on any atom is 0.265 e. The molecule has 6 heteroatoms. The molecule has 0 spiro atoms. The van der Waals surface area contributed by atoms with E-state index < -0.39 is 0 Å². The number of carbonyl (C=O) groups excluding carboxylic acids is 2. The van der Waals surface area contributed by atoms with Gasteiger partial charge in [-0.15, -0.1) is 0 Å². The normalized spacial score (nSPS) is 15.0. The average Bonchev–Trinajstić information content (AvgIpc) is 2.76. The third-order valence-electron chi connectivity index (χ3n) is 2.98. The van der Waals surface area contributed by atoms with Gasteiger partial charge in [-0.05, 0) is 24.1 Å². The van der Waals surface area contributed by atoms with Crippen molar-refractivity contribution in [2.75, 3.05) is 6.54 Å². The van der Waals surface area contributed by atoms with Crippen molar-refractivity contribution in [1.29, 1.82) is 0 Å². The fourth-order valence-electron chi connectivity index (χ4n) is 1.98. The summed E-state index contributed by atoms with van der Waals surface area (Å²) in [5.41, 5.74) is 3.56. The Hall–Kier alpha value is -1.40. The Balaban J connectivity index is 2.14. The van der Waals surface area contributed by atoms with Gasteiger partial charge in [-0.25, -0.2) is 5.84 Å². The minimum absolute atomic E-state index is 0.186. The smallest absolute Gasteiger partial charge is 0.265 e. The van der Waals surface area contributed by atoms with Gasteiger partial charge in [0.2, 0.25) is 5.91 Å². The highest BCUT2D eigenvalue weighted by Crippen LogP contribution is 2.22. The average molecular weight is 312 g/mol. The van der Waals surface area contributed by atoms with Crippen LogP contribution in [0, 0.1) is 0 Å². The van der Waals surface area contributed by atoms with E-state index in [0.717, 1.165) is 23.0 Å². The minimum Gasteiger partial charge on any atom is -0.338 e. The molecule has 3 N–H and O–H groups in total.